The molecule has 2 amide bonds. The SMILES string of the molecule is COc1ccccc1/C=C/C(=O)Nc1cc(Br)ccc1NC(C)=O. The molecule has 2 N–H and O–H groups in total. The monoisotopic (exact) mass is 388 g/mol. The van der Waals surface area contributed by atoms with E-state index < -0.39 is 0 Å². The summed E-state index contributed by atoms with van der Waals surface area (Å²) < 4.78 is 6.03. The number of amides is 2. The minimum Gasteiger partial charge on any atom is -0.496 e. The van der Waals surface area contributed by atoms with Crippen molar-refractivity contribution < 1.29 is 14.3 Å². The lowest BCUT2D eigenvalue weighted by atomic mass is 10.2. The van der Waals surface area contributed by atoms with Crippen LogP contribution in [0.2, 0.25) is 0 Å². The Labute approximate surface area is 148 Å². The lowest BCUT2D eigenvalue weighted by Crippen LogP contribution is -2.13. The molecule has 0 saturated carbocycles. The first-order valence-corrected chi connectivity index (χ1v) is 7.98. The Morgan fingerprint density at radius 2 is 1.83 bits per heavy atom. The fraction of sp³-hybridized carbons (Fsp3) is 0.111. The molecule has 0 spiro atoms. The molecular formula is C18H17BrN2O3. The molecule has 124 valence electrons. The zero-order valence-electron chi connectivity index (χ0n) is 13.3. The third-order valence-electron chi connectivity index (χ3n) is 3.10. The normalized spacial score (nSPS) is 10.5. The van der Waals surface area contributed by atoms with Gasteiger partial charge in [-0.2, -0.15) is 0 Å². The number of hydrogen-bond donors (Lipinski definition) is 2. The number of carbonyl (C=O) groups is 2. The first kappa shape index (κ1) is 17.7. The summed E-state index contributed by atoms with van der Waals surface area (Å²) in [7, 11) is 1.58. The molecule has 0 fully saturated rings. The third-order valence-corrected chi connectivity index (χ3v) is 3.60. The van der Waals surface area contributed by atoms with Gasteiger partial charge < -0.3 is 15.4 Å². The van der Waals surface area contributed by atoms with E-state index in [-0.39, 0.29) is 11.8 Å². The summed E-state index contributed by atoms with van der Waals surface area (Å²) in [5.41, 5.74) is 1.84. The van der Waals surface area contributed by atoms with E-state index in [1.54, 1.807) is 31.4 Å². The third kappa shape index (κ3) is 4.96. The lowest BCUT2D eigenvalue weighted by molar-refractivity contribution is -0.114. The van der Waals surface area contributed by atoms with Gasteiger partial charge in [0.2, 0.25) is 11.8 Å². The molecule has 0 radical (unpaired) electrons. The summed E-state index contributed by atoms with van der Waals surface area (Å²) >= 11 is 3.35. The molecule has 0 aliphatic heterocycles. The quantitative estimate of drug-likeness (QED) is 0.758. The second kappa shape index (κ2) is 8.31. The van der Waals surface area contributed by atoms with E-state index in [4.69, 9.17) is 4.74 Å². The van der Waals surface area contributed by atoms with Gasteiger partial charge in [0.15, 0.2) is 0 Å². The highest BCUT2D eigenvalue weighted by Crippen LogP contribution is 2.26. The van der Waals surface area contributed by atoms with Crippen LogP contribution in [-0.4, -0.2) is 18.9 Å². The highest BCUT2D eigenvalue weighted by atomic mass is 79.9. The van der Waals surface area contributed by atoms with E-state index in [1.165, 1.54) is 13.0 Å². The first-order chi connectivity index (χ1) is 11.5. The Morgan fingerprint density at radius 3 is 2.54 bits per heavy atom. The molecule has 0 heterocycles. The van der Waals surface area contributed by atoms with Gasteiger partial charge >= 0.3 is 0 Å². The van der Waals surface area contributed by atoms with Gasteiger partial charge in [-0.15, -0.1) is 0 Å². The van der Waals surface area contributed by atoms with Gasteiger partial charge in [-0.05, 0) is 30.3 Å². The fourth-order valence-corrected chi connectivity index (χ4v) is 2.42. The molecule has 2 aromatic carbocycles. The molecule has 6 heteroatoms. The largest absolute Gasteiger partial charge is 0.496 e. The Hall–Kier alpha value is -2.60. The summed E-state index contributed by atoms with van der Waals surface area (Å²) in [6, 6.07) is 12.6. The number of nitrogens with one attached hydrogen (secondary N) is 2. The molecule has 0 saturated heterocycles. The van der Waals surface area contributed by atoms with E-state index in [1.807, 2.05) is 24.3 Å². The van der Waals surface area contributed by atoms with Crippen molar-refractivity contribution in [3.05, 3.63) is 58.6 Å². The summed E-state index contributed by atoms with van der Waals surface area (Å²) in [5, 5.41) is 5.43. The Morgan fingerprint density at radius 1 is 1.08 bits per heavy atom. The summed E-state index contributed by atoms with van der Waals surface area (Å²) in [6.45, 7) is 1.41. The smallest absolute Gasteiger partial charge is 0.248 e. The van der Waals surface area contributed by atoms with Crippen LogP contribution in [0.1, 0.15) is 12.5 Å². The van der Waals surface area contributed by atoms with Crippen molar-refractivity contribution in [2.45, 2.75) is 6.92 Å². The number of anilines is 2. The Bertz CT molecular complexity index is 788. The summed E-state index contributed by atoms with van der Waals surface area (Å²) in [5.74, 6) is 0.158. The summed E-state index contributed by atoms with van der Waals surface area (Å²) in [4.78, 5) is 23.4. The molecule has 0 aromatic heterocycles. The van der Waals surface area contributed by atoms with Crippen LogP contribution in [0.25, 0.3) is 6.08 Å². The molecule has 0 aliphatic carbocycles. The molecule has 0 atom stereocenters. The van der Waals surface area contributed by atoms with Crippen molar-refractivity contribution in [1.29, 1.82) is 0 Å². The number of rotatable bonds is 5. The molecule has 2 rings (SSSR count). The minimum absolute atomic E-state index is 0.211. The van der Waals surface area contributed by atoms with Crippen molar-refractivity contribution in [2.24, 2.45) is 0 Å². The second-order valence-electron chi connectivity index (χ2n) is 4.94. The van der Waals surface area contributed by atoms with Gasteiger partial charge in [-0.1, -0.05) is 34.1 Å². The standard InChI is InChI=1S/C18H17BrN2O3/c1-12(22)20-15-9-8-14(19)11-16(15)21-18(23)10-7-13-5-3-4-6-17(13)24-2/h3-11H,1-2H3,(H,20,22)(H,21,23)/b10-7+. The number of methoxy groups -OCH3 is 1. The molecule has 0 aliphatic rings. The molecular weight excluding hydrogens is 372 g/mol. The van der Waals surface area contributed by atoms with Gasteiger partial charge in [-0.3, -0.25) is 9.59 Å². The maximum Gasteiger partial charge on any atom is 0.248 e. The number of hydrogen-bond acceptors (Lipinski definition) is 3. The van der Waals surface area contributed by atoms with E-state index in [0.29, 0.717) is 17.1 Å². The van der Waals surface area contributed by atoms with Crippen LogP contribution < -0.4 is 15.4 Å². The zero-order chi connectivity index (χ0) is 17.5. The zero-order valence-corrected chi connectivity index (χ0v) is 14.9. The van der Waals surface area contributed by atoms with E-state index >= 15 is 0 Å². The lowest BCUT2D eigenvalue weighted by Gasteiger charge is -2.11. The maximum absolute atomic E-state index is 12.2. The highest BCUT2D eigenvalue weighted by molar-refractivity contribution is 9.10. The maximum atomic E-state index is 12.2. The Balaban J connectivity index is 2.16. The molecule has 24 heavy (non-hydrogen) atoms. The predicted octanol–water partition coefficient (Wildman–Crippen LogP) is 4.07. The van der Waals surface area contributed by atoms with Crippen molar-refractivity contribution in [3.8, 4) is 5.75 Å². The number of carbonyl (C=O) groups excluding carboxylic acids is 2. The Kier molecular flexibility index (Phi) is 6.14. The number of benzene rings is 2. The van der Waals surface area contributed by atoms with Crippen molar-refractivity contribution in [1.82, 2.24) is 0 Å². The molecule has 2 aromatic rings. The summed E-state index contributed by atoms with van der Waals surface area (Å²) in [6.07, 6.45) is 3.08. The topological polar surface area (TPSA) is 67.4 Å². The van der Waals surface area contributed by atoms with Crippen LogP contribution in [-0.2, 0) is 9.59 Å². The van der Waals surface area contributed by atoms with Crippen LogP contribution in [0.3, 0.4) is 0 Å². The van der Waals surface area contributed by atoms with Gasteiger partial charge in [0.1, 0.15) is 5.75 Å². The van der Waals surface area contributed by atoms with Crippen LogP contribution in [0.15, 0.2) is 53.0 Å². The molecule has 0 bridgehead atoms. The van der Waals surface area contributed by atoms with E-state index in [2.05, 4.69) is 26.6 Å². The van der Waals surface area contributed by atoms with Crippen LogP contribution in [0.4, 0.5) is 11.4 Å². The average Bonchev–Trinajstić information content (AvgIpc) is 2.55. The number of para-hydroxylation sites is 1. The van der Waals surface area contributed by atoms with Gasteiger partial charge in [-0.25, -0.2) is 0 Å². The van der Waals surface area contributed by atoms with E-state index in [9.17, 15) is 9.59 Å². The predicted molar refractivity (Wildman–Crippen MR) is 99.1 cm³/mol. The van der Waals surface area contributed by atoms with Crippen molar-refractivity contribution >= 4 is 45.2 Å². The highest BCUT2D eigenvalue weighted by Gasteiger charge is 2.07. The van der Waals surface area contributed by atoms with Gasteiger partial charge in [0.25, 0.3) is 0 Å². The van der Waals surface area contributed by atoms with Crippen molar-refractivity contribution in [3.63, 3.8) is 0 Å². The number of ether oxygens (including phenoxy) is 1. The average molecular weight is 389 g/mol. The fourth-order valence-electron chi connectivity index (χ4n) is 2.06. The minimum atomic E-state index is -0.314. The van der Waals surface area contributed by atoms with E-state index in [0.717, 1.165) is 10.0 Å². The molecule has 0 unspecified atom stereocenters. The molecule has 5 nitrogen and oxygen atoms in total. The van der Waals surface area contributed by atoms with Crippen LogP contribution in [0, 0.1) is 0 Å². The van der Waals surface area contributed by atoms with Crippen LogP contribution >= 0.6 is 15.9 Å². The van der Waals surface area contributed by atoms with Gasteiger partial charge in [0, 0.05) is 23.0 Å². The van der Waals surface area contributed by atoms with Gasteiger partial charge in [0.05, 0.1) is 18.5 Å². The van der Waals surface area contributed by atoms with Crippen LogP contribution in [0.5, 0.6) is 5.75 Å². The second-order valence-corrected chi connectivity index (χ2v) is 5.85. The van der Waals surface area contributed by atoms with Crippen molar-refractivity contribution in [2.75, 3.05) is 17.7 Å². The number of halogens is 1. The first-order valence-electron chi connectivity index (χ1n) is 7.19.